The Morgan fingerprint density at radius 2 is 1.44 bits per heavy atom. The topological polar surface area (TPSA) is 23.6 Å². The van der Waals surface area contributed by atoms with E-state index in [1.54, 1.807) is 12.1 Å². The standard InChI is InChI=1S/C19H17ClF4N2O/c1-2-11-3-5-12(6-4-11)19(27)26-9-7-25(8-10-26)18-16(23)14(21)13(20)15(22)17(18)24/h3-6H,2,7-10H2,1H3. The van der Waals surface area contributed by atoms with Gasteiger partial charge < -0.3 is 9.80 Å². The highest BCUT2D eigenvalue weighted by Gasteiger charge is 2.31. The second-order valence-corrected chi connectivity index (χ2v) is 6.63. The molecule has 0 atom stereocenters. The summed E-state index contributed by atoms with van der Waals surface area (Å²) >= 11 is 5.25. The molecule has 1 fully saturated rings. The van der Waals surface area contributed by atoms with Crippen LogP contribution < -0.4 is 4.90 Å². The molecule has 8 heteroatoms. The molecule has 0 spiro atoms. The van der Waals surface area contributed by atoms with Crippen LogP contribution in [0.1, 0.15) is 22.8 Å². The summed E-state index contributed by atoms with van der Waals surface area (Å²) in [7, 11) is 0. The van der Waals surface area contributed by atoms with E-state index in [-0.39, 0.29) is 32.1 Å². The Kier molecular flexibility index (Phi) is 5.60. The van der Waals surface area contributed by atoms with Crippen LogP contribution in [0, 0.1) is 23.3 Å². The smallest absolute Gasteiger partial charge is 0.253 e. The van der Waals surface area contributed by atoms with E-state index in [1.165, 1.54) is 9.80 Å². The Morgan fingerprint density at radius 1 is 0.926 bits per heavy atom. The number of piperazine rings is 1. The zero-order valence-corrected chi connectivity index (χ0v) is 15.3. The number of amides is 1. The van der Waals surface area contributed by atoms with Gasteiger partial charge in [0.2, 0.25) is 0 Å². The minimum atomic E-state index is -1.62. The second kappa shape index (κ2) is 7.76. The first-order valence-electron chi connectivity index (χ1n) is 8.49. The van der Waals surface area contributed by atoms with Gasteiger partial charge in [0.15, 0.2) is 23.3 Å². The number of aryl methyl sites for hydroxylation is 1. The van der Waals surface area contributed by atoms with Gasteiger partial charge in [-0.25, -0.2) is 17.6 Å². The van der Waals surface area contributed by atoms with Crippen molar-refractivity contribution < 1.29 is 22.4 Å². The van der Waals surface area contributed by atoms with E-state index >= 15 is 0 Å². The highest BCUT2D eigenvalue weighted by atomic mass is 35.5. The number of hydrogen-bond donors (Lipinski definition) is 0. The summed E-state index contributed by atoms with van der Waals surface area (Å²) in [6.45, 7) is 2.41. The average molecular weight is 401 g/mol. The first-order valence-corrected chi connectivity index (χ1v) is 8.87. The third-order valence-corrected chi connectivity index (χ3v) is 5.01. The Hall–Kier alpha value is -2.28. The molecule has 0 aromatic heterocycles. The van der Waals surface area contributed by atoms with Gasteiger partial charge in [-0.05, 0) is 24.1 Å². The summed E-state index contributed by atoms with van der Waals surface area (Å²) in [6.07, 6.45) is 0.860. The van der Waals surface area contributed by atoms with E-state index in [0.29, 0.717) is 5.56 Å². The maximum atomic E-state index is 14.1. The molecule has 0 aliphatic carbocycles. The number of carbonyl (C=O) groups is 1. The fraction of sp³-hybridized carbons (Fsp3) is 0.316. The maximum Gasteiger partial charge on any atom is 0.253 e. The Morgan fingerprint density at radius 3 is 1.93 bits per heavy atom. The van der Waals surface area contributed by atoms with Crippen LogP contribution in [0.4, 0.5) is 23.2 Å². The van der Waals surface area contributed by atoms with E-state index in [1.807, 2.05) is 19.1 Å². The van der Waals surface area contributed by atoms with Gasteiger partial charge in [-0.1, -0.05) is 30.7 Å². The number of hydrogen-bond acceptors (Lipinski definition) is 2. The lowest BCUT2D eigenvalue weighted by molar-refractivity contribution is 0.0746. The van der Waals surface area contributed by atoms with Crippen LogP contribution in [0.15, 0.2) is 24.3 Å². The molecule has 3 rings (SSSR count). The molecule has 1 aliphatic rings. The number of halogens is 5. The SMILES string of the molecule is CCc1ccc(C(=O)N2CCN(c3c(F)c(F)c(Cl)c(F)c3F)CC2)cc1. The zero-order chi connectivity index (χ0) is 19.7. The van der Waals surface area contributed by atoms with Crippen LogP contribution in [0.5, 0.6) is 0 Å². The number of benzene rings is 2. The zero-order valence-electron chi connectivity index (χ0n) is 14.5. The van der Waals surface area contributed by atoms with Crippen molar-refractivity contribution in [2.75, 3.05) is 31.1 Å². The average Bonchev–Trinajstić information content (AvgIpc) is 2.71. The number of rotatable bonds is 3. The van der Waals surface area contributed by atoms with Gasteiger partial charge in [-0.15, -0.1) is 0 Å². The lowest BCUT2D eigenvalue weighted by atomic mass is 10.1. The molecule has 1 amide bonds. The predicted molar refractivity (Wildman–Crippen MR) is 95.2 cm³/mol. The van der Waals surface area contributed by atoms with Gasteiger partial charge in [0.25, 0.3) is 5.91 Å². The van der Waals surface area contributed by atoms with Crippen LogP contribution in [0.2, 0.25) is 5.02 Å². The van der Waals surface area contributed by atoms with Crippen LogP contribution in [0.3, 0.4) is 0 Å². The molecule has 0 saturated carbocycles. The van der Waals surface area contributed by atoms with Crippen molar-refractivity contribution >= 4 is 23.2 Å². The normalized spacial score (nSPS) is 14.6. The van der Waals surface area contributed by atoms with Gasteiger partial charge in [0.05, 0.1) is 0 Å². The van der Waals surface area contributed by atoms with Crippen molar-refractivity contribution in [1.82, 2.24) is 4.90 Å². The Bertz CT molecular complexity index is 836. The molecular weight excluding hydrogens is 384 g/mol. The molecule has 2 aromatic rings. The summed E-state index contributed by atoms with van der Waals surface area (Å²) < 4.78 is 55.5. The molecule has 0 bridgehead atoms. The number of nitrogens with zero attached hydrogens (tertiary/aromatic N) is 2. The molecule has 3 nitrogen and oxygen atoms in total. The fourth-order valence-corrected chi connectivity index (χ4v) is 3.24. The predicted octanol–water partition coefficient (Wildman–Crippen LogP) is 4.42. The van der Waals surface area contributed by atoms with E-state index in [9.17, 15) is 22.4 Å². The lowest BCUT2D eigenvalue weighted by Gasteiger charge is -2.36. The van der Waals surface area contributed by atoms with E-state index < -0.39 is 34.0 Å². The fourth-order valence-electron chi connectivity index (χ4n) is 3.07. The van der Waals surface area contributed by atoms with Crippen LogP contribution in [0.25, 0.3) is 0 Å². The summed E-state index contributed by atoms with van der Waals surface area (Å²) in [5, 5.41) is -1.21. The van der Waals surface area contributed by atoms with Crippen LogP contribution in [-0.4, -0.2) is 37.0 Å². The highest BCUT2D eigenvalue weighted by Crippen LogP contribution is 2.34. The molecule has 1 heterocycles. The van der Waals surface area contributed by atoms with Gasteiger partial charge in [-0.3, -0.25) is 4.79 Å². The van der Waals surface area contributed by atoms with E-state index in [2.05, 4.69) is 0 Å². The lowest BCUT2D eigenvalue weighted by Crippen LogP contribution is -2.49. The largest absolute Gasteiger partial charge is 0.363 e. The van der Waals surface area contributed by atoms with Crippen molar-refractivity contribution in [1.29, 1.82) is 0 Å². The summed E-state index contributed by atoms with van der Waals surface area (Å²) in [6, 6.07) is 7.20. The molecule has 0 N–H and O–H groups in total. The summed E-state index contributed by atoms with van der Waals surface area (Å²) in [4.78, 5) is 15.3. The molecule has 2 aromatic carbocycles. The Balaban J connectivity index is 1.75. The highest BCUT2D eigenvalue weighted by molar-refractivity contribution is 6.31. The Labute approximate surface area is 159 Å². The third kappa shape index (κ3) is 3.60. The van der Waals surface area contributed by atoms with Gasteiger partial charge in [0, 0.05) is 31.7 Å². The van der Waals surface area contributed by atoms with Gasteiger partial charge in [0.1, 0.15) is 10.7 Å². The molecule has 1 aliphatic heterocycles. The van der Waals surface area contributed by atoms with Crippen molar-refractivity contribution in [2.24, 2.45) is 0 Å². The molecule has 0 unspecified atom stereocenters. The molecule has 27 heavy (non-hydrogen) atoms. The monoisotopic (exact) mass is 400 g/mol. The first kappa shape index (κ1) is 19.5. The van der Waals surface area contributed by atoms with Crippen molar-refractivity contribution in [2.45, 2.75) is 13.3 Å². The quantitative estimate of drug-likeness (QED) is 0.432. The van der Waals surface area contributed by atoms with Crippen molar-refractivity contribution in [3.05, 3.63) is 63.7 Å². The van der Waals surface area contributed by atoms with E-state index in [0.717, 1.165) is 12.0 Å². The van der Waals surface area contributed by atoms with Crippen LogP contribution in [-0.2, 0) is 6.42 Å². The van der Waals surface area contributed by atoms with Crippen LogP contribution >= 0.6 is 11.6 Å². The maximum absolute atomic E-state index is 14.1. The van der Waals surface area contributed by atoms with Gasteiger partial charge >= 0.3 is 0 Å². The second-order valence-electron chi connectivity index (χ2n) is 6.25. The van der Waals surface area contributed by atoms with Crippen molar-refractivity contribution in [3.8, 4) is 0 Å². The number of anilines is 1. The first-order chi connectivity index (χ1) is 12.8. The molecule has 0 radical (unpaired) electrons. The minimum absolute atomic E-state index is 0.0349. The third-order valence-electron chi connectivity index (χ3n) is 4.68. The van der Waals surface area contributed by atoms with Gasteiger partial charge in [-0.2, -0.15) is 0 Å². The molecule has 1 saturated heterocycles. The summed E-state index contributed by atoms with van der Waals surface area (Å²) in [5.41, 5.74) is 0.824. The number of carbonyl (C=O) groups excluding carboxylic acids is 1. The molecule has 144 valence electrons. The summed E-state index contributed by atoms with van der Waals surface area (Å²) in [5.74, 6) is -6.52. The molecular formula is C19H17ClF4N2O. The van der Waals surface area contributed by atoms with E-state index in [4.69, 9.17) is 11.6 Å². The van der Waals surface area contributed by atoms with Crippen molar-refractivity contribution in [3.63, 3.8) is 0 Å². The minimum Gasteiger partial charge on any atom is -0.363 e.